The quantitative estimate of drug-likeness (QED) is 0.355. The summed E-state index contributed by atoms with van der Waals surface area (Å²) in [6.45, 7) is 16.3. The molecular weight excluding hydrogens is 520 g/mol. The van der Waals surface area contributed by atoms with E-state index in [1.165, 1.54) is 0 Å². The van der Waals surface area contributed by atoms with Crippen molar-refractivity contribution in [1.82, 2.24) is 4.90 Å². The molecule has 36 heavy (non-hydrogen) atoms. The highest BCUT2D eigenvalue weighted by Crippen LogP contribution is 2.40. The molecule has 0 bridgehead atoms. The second kappa shape index (κ2) is 10.4. The lowest BCUT2D eigenvalue weighted by atomic mass is 9.78. The summed E-state index contributed by atoms with van der Waals surface area (Å²) < 4.78 is 0. The third-order valence-electron chi connectivity index (χ3n) is 6.74. The van der Waals surface area contributed by atoms with Crippen LogP contribution in [0.4, 0.5) is 0 Å². The summed E-state index contributed by atoms with van der Waals surface area (Å²) in [4.78, 5) is 26.9. The number of carbonyl (C=O) groups is 2. The Morgan fingerprint density at radius 1 is 1.00 bits per heavy atom. The maximum absolute atomic E-state index is 13.4. The van der Waals surface area contributed by atoms with Gasteiger partial charge in [-0.15, -0.1) is 17.0 Å². The maximum Gasteiger partial charge on any atom is 0.311 e. The molecule has 0 aliphatic carbocycles. The van der Waals surface area contributed by atoms with E-state index in [2.05, 4.69) is 0 Å². The summed E-state index contributed by atoms with van der Waals surface area (Å²) in [6.07, 6.45) is 0. The minimum absolute atomic E-state index is 0. The first kappa shape index (κ1) is 29.6. The van der Waals surface area contributed by atoms with Crippen molar-refractivity contribution in [3.8, 4) is 5.75 Å². The van der Waals surface area contributed by atoms with Gasteiger partial charge >= 0.3 is 5.97 Å². The van der Waals surface area contributed by atoms with Crippen LogP contribution in [0.2, 0.25) is 0 Å². The third-order valence-corrected chi connectivity index (χ3v) is 6.74. The van der Waals surface area contributed by atoms with Crippen molar-refractivity contribution in [2.24, 2.45) is 5.92 Å². The molecule has 3 N–H and O–H groups in total. The SMILES string of the molecule is Br.CC(C)C(C(=O)O)c1ccc2c(c1)C(=N)N(CC(=O)c1cc(C(C)(C)C)c(O)c(C(C)(C)C)c1)C2. The molecule has 1 aliphatic heterocycles. The first-order chi connectivity index (χ1) is 16.0. The number of rotatable bonds is 6. The van der Waals surface area contributed by atoms with E-state index in [-0.39, 0.29) is 57.6 Å². The molecule has 0 saturated heterocycles. The topological polar surface area (TPSA) is 102 Å². The summed E-state index contributed by atoms with van der Waals surface area (Å²) in [5.74, 6) is -1.27. The second-order valence-corrected chi connectivity index (χ2v) is 12.0. The number of hydrogen-bond acceptors (Lipinski definition) is 4. The van der Waals surface area contributed by atoms with Crippen molar-refractivity contribution < 1.29 is 19.8 Å². The van der Waals surface area contributed by atoms with Gasteiger partial charge in [0.05, 0.1) is 12.5 Å². The molecule has 1 heterocycles. The molecule has 1 atom stereocenters. The van der Waals surface area contributed by atoms with E-state index >= 15 is 0 Å². The van der Waals surface area contributed by atoms with Gasteiger partial charge in [-0.2, -0.15) is 0 Å². The number of fused-ring (bicyclic) bond motifs is 1. The van der Waals surface area contributed by atoms with Crippen molar-refractivity contribution in [2.45, 2.75) is 78.7 Å². The van der Waals surface area contributed by atoms with E-state index in [4.69, 9.17) is 5.41 Å². The number of halogens is 1. The molecule has 0 fully saturated rings. The Hall–Kier alpha value is -2.67. The normalized spacial score (nSPS) is 14.5. The van der Waals surface area contributed by atoms with Crippen molar-refractivity contribution in [3.05, 3.63) is 63.7 Å². The molecule has 196 valence electrons. The predicted octanol–water partition coefficient (Wildman–Crippen LogP) is 6.41. The zero-order valence-electron chi connectivity index (χ0n) is 22.5. The monoisotopic (exact) mass is 558 g/mol. The average Bonchev–Trinajstić information content (AvgIpc) is 3.01. The van der Waals surface area contributed by atoms with Gasteiger partial charge in [-0.1, -0.05) is 67.5 Å². The number of benzene rings is 2. The van der Waals surface area contributed by atoms with Crippen molar-refractivity contribution in [2.75, 3.05) is 6.54 Å². The average molecular weight is 560 g/mol. The van der Waals surface area contributed by atoms with E-state index in [1.54, 1.807) is 23.1 Å². The van der Waals surface area contributed by atoms with Crippen LogP contribution in [0.1, 0.15) is 99.5 Å². The molecule has 1 aliphatic rings. The first-order valence-corrected chi connectivity index (χ1v) is 12.1. The number of Topliss-reactive ketones (excluding diaryl/α,β-unsaturated/α-hetero) is 1. The smallest absolute Gasteiger partial charge is 0.311 e. The van der Waals surface area contributed by atoms with E-state index in [0.29, 0.717) is 23.2 Å². The lowest BCUT2D eigenvalue weighted by molar-refractivity contribution is -0.139. The molecule has 0 spiro atoms. The van der Waals surface area contributed by atoms with Gasteiger partial charge in [0.25, 0.3) is 0 Å². The number of carboxylic acid groups (broad SMARTS) is 1. The number of aromatic hydroxyl groups is 1. The minimum atomic E-state index is -0.881. The van der Waals surface area contributed by atoms with Crippen LogP contribution < -0.4 is 0 Å². The van der Waals surface area contributed by atoms with E-state index < -0.39 is 11.9 Å². The van der Waals surface area contributed by atoms with Crippen LogP contribution in [0.3, 0.4) is 0 Å². The Bertz CT molecular complexity index is 1150. The lowest BCUT2D eigenvalue weighted by Crippen LogP contribution is -2.30. The number of aliphatic carboxylic acids is 1. The van der Waals surface area contributed by atoms with Gasteiger partial charge in [0.1, 0.15) is 11.6 Å². The molecule has 0 aromatic heterocycles. The minimum Gasteiger partial charge on any atom is -0.507 e. The van der Waals surface area contributed by atoms with Crippen LogP contribution in [0.5, 0.6) is 5.75 Å². The van der Waals surface area contributed by atoms with Gasteiger partial charge in [-0.3, -0.25) is 15.0 Å². The fraction of sp³-hybridized carbons (Fsp3) is 0.483. The number of nitrogens with one attached hydrogen (secondary N) is 1. The Labute approximate surface area is 225 Å². The molecule has 0 saturated carbocycles. The summed E-state index contributed by atoms with van der Waals surface area (Å²) >= 11 is 0. The van der Waals surface area contributed by atoms with Crippen LogP contribution in [0.25, 0.3) is 0 Å². The molecule has 1 unspecified atom stereocenters. The van der Waals surface area contributed by atoms with Gasteiger partial charge in [0.2, 0.25) is 0 Å². The van der Waals surface area contributed by atoms with Gasteiger partial charge < -0.3 is 15.1 Å². The molecule has 0 amide bonds. The Balaban J connectivity index is 0.00000456. The van der Waals surface area contributed by atoms with E-state index in [9.17, 15) is 19.8 Å². The van der Waals surface area contributed by atoms with Crippen LogP contribution in [-0.4, -0.2) is 39.2 Å². The summed E-state index contributed by atoms with van der Waals surface area (Å²) in [7, 11) is 0. The van der Waals surface area contributed by atoms with Crippen LogP contribution in [-0.2, 0) is 22.2 Å². The molecule has 6 nitrogen and oxygen atoms in total. The third kappa shape index (κ3) is 5.83. The highest BCUT2D eigenvalue weighted by atomic mass is 79.9. The van der Waals surface area contributed by atoms with Crippen LogP contribution in [0.15, 0.2) is 30.3 Å². The molecule has 3 rings (SSSR count). The number of carbonyl (C=O) groups excluding carboxylic acids is 1. The predicted molar refractivity (Wildman–Crippen MR) is 149 cm³/mol. The molecule has 2 aromatic rings. The highest BCUT2D eigenvalue weighted by molar-refractivity contribution is 8.93. The van der Waals surface area contributed by atoms with Crippen LogP contribution in [0, 0.1) is 11.3 Å². The van der Waals surface area contributed by atoms with Crippen LogP contribution >= 0.6 is 17.0 Å². The number of carboxylic acids is 1. The fourth-order valence-corrected chi connectivity index (χ4v) is 4.75. The highest BCUT2D eigenvalue weighted by Gasteiger charge is 2.32. The Kier molecular flexibility index (Phi) is 8.51. The van der Waals surface area contributed by atoms with E-state index in [0.717, 1.165) is 16.7 Å². The zero-order valence-corrected chi connectivity index (χ0v) is 24.2. The molecule has 0 radical (unpaired) electrons. The maximum atomic E-state index is 13.4. The number of ketones is 1. The summed E-state index contributed by atoms with van der Waals surface area (Å²) in [5, 5.41) is 29.3. The summed E-state index contributed by atoms with van der Waals surface area (Å²) in [6, 6.07) is 9.03. The fourth-order valence-electron chi connectivity index (χ4n) is 4.75. The number of amidine groups is 1. The lowest BCUT2D eigenvalue weighted by Gasteiger charge is -2.28. The largest absolute Gasteiger partial charge is 0.507 e. The Morgan fingerprint density at radius 2 is 1.53 bits per heavy atom. The number of phenols is 1. The van der Waals surface area contributed by atoms with Gasteiger partial charge in [-0.05, 0) is 46.1 Å². The second-order valence-electron chi connectivity index (χ2n) is 12.0. The summed E-state index contributed by atoms with van der Waals surface area (Å²) in [5.41, 5.74) is 3.56. The van der Waals surface area contributed by atoms with Crippen molar-refractivity contribution in [1.29, 1.82) is 5.41 Å². The standard InChI is InChI=1S/C29H38N2O4.BrH/c1-16(2)24(27(34)35)17-9-10-18-14-31(26(30)20(18)11-17)15-23(32)19-12-21(28(3,4)5)25(33)22(13-19)29(6,7)8;/h9-13,16,24,30,33H,14-15H2,1-8H3,(H,34,35);1H. The number of nitrogens with zero attached hydrogens (tertiary/aromatic N) is 1. The Morgan fingerprint density at radius 3 is 1.97 bits per heavy atom. The van der Waals surface area contributed by atoms with Crippen molar-refractivity contribution >= 4 is 34.6 Å². The molecular formula is C29H39BrN2O4. The first-order valence-electron chi connectivity index (χ1n) is 12.1. The molecule has 7 heteroatoms. The van der Waals surface area contributed by atoms with Gasteiger partial charge in [0.15, 0.2) is 5.78 Å². The number of hydrogen-bond donors (Lipinski definition) is 3. The van der Waals surface area contributed by atoms with Gasteiger partial charge in [-0.25, -0.2) is 0 Å². The van der Waals surface area contributed by atoms with Crippen molar-refractivity contribution in [3.63, 3.8) is 0 Å². The zero-order chi connectivity index (χ0) is 26.5. The molecule has 2 aromatic carbocycles. The van der Waals surface area contributed by atoms with E-state index in [1.807, 2.05) is 67.5 Å². The number of phenolic OH excluding ortho intramolecular Hbond substituents is 1. The van der Waals surface area contributed by atoms with Gasteiger partial charge in [0, 0.05) is 28.8 Å².